The van der Waals surface area contributed by atoms with E-state index < -0.39 is 17.9 Å². The monoisotopic (exact) mass is 407 g/mol. The van der Waals surface area contributed by atoms with Crippen LogP contribution in [0, 0.1) is 0 Å². The Balaban J connectivity index is 1.68. The van der Waals surface area contributed by atoms with Crippen LogP contribution in [-0.4, -0.2) is 27.6 Å². The number of anilines is 1. The van der Waals surface area contributed by atoms with Crippen molar-refractivity contribution >= 4 is 41.3 Å². The number of aromatic nitrogens is 1. The van der Waals surface area contributed by atoms with Gasteiger partial charge in [-0.1, -0.05) is 17.7 Å². The van der Waals surface area contributed by atoms with E-state index in [2.05, 4.69) is 5.32 Å². The Morgan fingerprint density at radius 3 is 2.48 bits per heavy atom. The first kappa shape index (κ1) is 18.5. The predicted octanol–water partition coefficient (Wildman–Crippen LogP) is 3.93. The first-order chi connectivity index (χ1) is 13.9. The van der Waals surface area contributed by atoms with Gasteiger partial charge >= 0.3 is 12.0 Å². The largest absolute Gasteiger partial charge is 0.478 e. The molecule has 0 saturated carbocycles. The average Bonchev–Trinajstić information content (AvgIpc) is 3.27. The van der Waals surface area contributed by atoms with Gasteiger partial charge in [-0.15, -0.1) is 0 Å². The average molecular weight is 408 g/mol. The summed E-state index contributed by atoms with van der Waals surface area (Å²) >= 11 is 5.87. The van der Waals surface area contributed by atoms with E-state index in [9.17, 15) is 19.5 Å². The zero-order chi connectivity index (χ0) is 20.5. The third-order valence-electron chi connectivity index (χ3n) is 4.41. The lowest BCUT2D eigenvalue weighted by Crippen LogP contribution is -2.30. The molecule has 1 aliphatic heterocycles. The zero-order valence-corrected chi connectivity index (χ0v) is 15.6. The first-order valence-electron chi connectivity index (χ1n) is 8.58. The minimum atomic E-state index is -1.03. The highest BCUT2D eigenvalue weighted by Gasteiger charge is 2.35. The van der Waals surface area contributed by atoms with Crippen LogP contribution in [0.1, 0.15) is 16.1 Å². The Kier molecular flexibility index (Phi) is 4.66. The summed E-state index contributed by atoms with van der Waals surface area (Å²) in [6.45, 7) is 0. The fraction of sp³-hybridized carbons (Fsp3) is 0. The summed E-state index contributed by atoms with van der Waals surface area (Å²) in [7, 11) is 0. The molecule has 1 fully saturated rings. The minimum Gasteiger partial charge on any atom is -0.478 e. The number of hydrogen-bond acceptors (Lipinski definition) is 3. The van der Waals surface area contributed by atoms with Crippen LogP contribution < -0.4 is 10.2 Å². The number of benzene rings is 2. The molecular formula is C21H14ClN3O4. The number of nitrogens with zero attached hydrogens (tertiary/aromatic N) is 2. The molecule has 0 unspecified atom stereocenters. The number of carboxylic acid groups (broad SMARTS) is 1. The van der Waals surface area contributed by atoms with Crippen molar-refractivity contribution < 1.29 is 19.5 Å². The van der Waals surface area contributed by atoms with E-state index in [1.165, 1.54) is 12.1 Å². The third kappa shape index (κ3) is 3.51. The lowest BCUT2D eigenvalue weighted by atomic mass is 10.2. The van der Waals surface area contributed by atoms with Gasteiger partial charge < -0.3 is 15.0 Å². The van der Waals surface area contributed by atoms with Crippen LogP contribution in [0.5, 0.6) is 0 Å². The number of nitrogens with one attached hydrogen (secondary N) is 1. The second kappa shape index (κ2) is 7.29. The Morgan fingerprint density at radius 2 is 1.76 bits per heavy atom. The molecule has 2 heterocycles. The number of imide groups is 1. The van der Waals surface area contributed by atoms with E-state index in [-0.39, 0.29) is 11.3 Å². The SMILES string of the molecule is O=C(O)c1cccc(-n2cccc2/C=C2/NC(=O)N(c3ccc(Cl)cc3)C2=O)c1. The van der Waals surface area contributed by atoms with Crippen molar-refractivity contribution in [3.63, 3.8) is 0 Å². The molecule has 1 aromatic heterocycles. The van der Waals surface area contributed by atoms with Gasteiger partial charge in [-0.05, 0) is 60.7 Å². The quantitative estimate of drug-likeness (QED) is 0.506. The van der Waals surface area contributed by atoms with Gasteiger partial charge in [-0.3, -0.25) is 4.79 Å². The summed E-state index contributed by atoms with van der Waals surface area (Å²) in [5.41, 5.74) is 1.89. The number of rotatable bonds is 4. The van der Waals surface area contributed by atoms with E-state index in [0.29, 0.717) is 22.1 Å². The molecule has 0 aliphatic carbocycles. The number of urea groups is 1. The number of carbonyl (C=O) groups is 3. The van der Waals surface area contributed by atoms with E-state index in [4.69, 9.17) is 11.6 Å². The lowest BCUT2D eigenvalue weighted by Gasteiger charge is -2.11. The number of halogens is 1. The normalized spacial score (nSPS) is 15.1. The molecule has 1 saturated heterocycles. The molecule has 0 spiro atoms. The van der Waals surface area contributed by atoms with E-state index in [1.807, 2.05) is 0 Å². The Labute approximate surface area is 170 Å². The Morgan fingerprint density at radius 1 is 1.00 bits per heavy atom. The van der Waals surface area contributed by atoms with Crippen LogP contribution in [0.4, 0.5) is 10.5 Å². The van der Waals surface area contributed by atoms with Crippen LogP contribution in [0.15, 0.2) is 72.6 Å². The first-order valence-corrected chi connectivity index (χ1v) is 8.95. The van der Waals surface area contributed by atoms with Crippen LogP contribution in [-0.2, 0) is 4.79 Å². The van der Waals surface area contributed by atoms with Gasteiger partial charge in [0.15, 0.2) is 0 Å². The lowest BCUT2D eigenvalue weighted by molar-refractivity contribution is -0.113. The van der Waals surface area contributed by atoms with Crippen molar-refractivity contribution in [1.82, 2.24) is 9.88 Å². The van der Waals surface area contributed by atoms with Gasteiger partial charge in [0.25, 0.3) is 5.91 Å². The molecule has 4 rings (SSSR count). The van der Waals surface area contributed by atoms with Crippen molar-refractivity contribution in [2.45, 2.75) is 0 Å². The summed E-state index contributed by atoms with van der Waals surface area (Å²) in [6.07, 6.45) is 3.29. The summed E-state index contributed by atoms with van der Waals surface area (Å²) in [4.78, 5) is 37.4. The van der Waals surface area contributed by atoms with Gasteiger partial charge in [0.05, 0.1) is 11.3 Å². The van der Waals surface area contributed by atoms with Gasteiger partial charge in [0, 0.05) is 22.6 Å². The number of hydrogen-bond donors (Lipinski definition) is 2. The number of carbonyl (C=O) groups excluding carboxylic acids is 2. The molecule has 29 heavy (non-hydrogen) atoms. The molecule has 1 aliphatic rings. The number of carboxylic acids is 1. The topological polar surface area (TPSA) is 91.6 Å². The standard InChI is InChI=1S/C21H14ClN3O4/c22-14-6-8-15(9-7-14)25-19(26)18(23-21(25)29)12-17-5-2-10-24(17)16-4-1-3-13(11-16)20(27)28/h1-12H,(H,23,29)(H,27,28)/b18-12+. The summed E-state index contributed by atoms with van der Waals surface area (Å²) in [6, 6.07) is 15.7. The van der Waals surface area contributed by atoms with Crippen molar-refractivity contribution in [3.05, 3.63) is 88.8 Å². The molecule has 3 aromatic rings. The van der Waals surface area contributed by atoms with Crippen LogP contribution in [0.3, 0.4) is 0 Å². The van der Waals surface area contributed by atoms with Crippen molar-refractivity contribution in [2.24, 2.45) is 0 Å². The highest BCUT2D eigenvalue weighted by Crippen LogP contribution is 2.24. The Bertz CT molecular complexity index is 1160. The van der Waals surface area contributed by atoms with Gasteiger partial charge in [-0.2, -0.15) is 0 Å². The van der Waals surface area contributed by atoms with Gasteiger partial charge in [-0.25, -0.2) is 14.5 Å². The summed E-state index contributed by atoms with van der Waals surface area (Å²) in [5, 5.41) is 12.3. The molecule has 8 heteroatoms. The van der Waals surface area contributed by atoms with E-state index >= 15 is 0 Å². The maximum Gasteiger partial charge on any atom is 0.335 e. The van der Waals surface area contributed by atoms with Crippen LogP contribution >= 0.6 is 11.6 Å². The molecule has 0 radical (unpaired) electrons. The second-order valence-corrected chi connectivity index (χ2v) is 6.70. The maximum atomic E-state index is 12.8. The molecule has 7 nitrogen and oxygen atoms in total. The molecular weight excluding hydrogens is 394 g/mol. The van der Waals surface area contributed by atoms with E-state index in [1.54, 1.807) is 65.4 Å². The van der Waals surface area contributed by atoms with Crippen LogP contribution in [0.2, 0.25) is 5.02 Å². The molecule has 0 atom stereocenters. The smallest absolute Gasteiger partial charge is 0.335 e. The zero-order valence-electron chi connectivity index (χ0n) is 14.9. The highest BCUT2D eigenvalue weighted by atomic mass is 35.5. The molecule has 3 amide bonds. The van der Waals surface area contributed by atoms with Gasteiger partial charge in [0.2, 0.25) is 0 Å². The molecule has 2 N–H and O–H groups in total. The summed E-state index contributed by atoms with van der Waals surface area (Å²) < 4.78 is 1.73. The number of amides is 3. The fourth-order valence-electron chi connectivity index (χ4n) is 3.04. The minimum absolute atomic E-state index is 0.110. The van der Waals surface area contributed by atoms with Gasteiger partial charge in [0.1, 0.15) is 5.70 Å². The third-order valence-corrected chi connectivity index (χ3v) is 4.66. The Hall–Kier alpha value is -3.84. The van der Waals surface area contributed by atoms with Crippen molar-refractivity contribution in [2.75, 3.05) is 4.90 Å². The maximum absolute atomic E-state index is 12.8. The van der Waals surface area contributed by atoms with Crippen molar-refractivity contribution in [3.8, 4) is 5.69 Å². The predicted molar refractivity (Wildman–Crippen MR) is 108 cm³/mol. The molecule has 144 valence electrons. The van der Waals surface area contributed by atoms with Crippen molar-refractivity contribution in [1.29, 1.82) is 0 Å². The number of aromatic carboxylic acids is 1. The highest BCUT2D eigenvalue weighted by molar-refractivity contribution is 6.31. The fourth-order valence-corrected chi connectivity index (χ4v) is 3.17. The summed E-state index contributed by atoms with van der Waals surface area (Å²) in [5.74, 6) is -1.53. The van der Waals surface area contributed by atoms with Crippen LogP contribution in [0.25, 0.3) is 11.8 Å². The van der Waals surface area contributed by atoms with E-state index in [0.717, 1.165) is 4.90 Å². The second-order valence-electron chi connectivity index (χ2n) is 6.26. The molecule has 2 aromatic carbocycles. The molecule has 0 bridgehead atoms.